The van der Waals surface area contributed by atoms with Crippen LogP contribution in [0.4, 0.5) is 0 Å². The van der Waals surface area contributed by atoms with Gasteiger partial charge in [0.1, 0.15) is 12.4 Å². The number of thiophene rings is 1. The molecule has 0 radical (unpaired) electrons. The van der Waals surface area contributed by atoms with Crippen molar-refractivity contribution in [2.45, 2.75) is 44.4 Å². The van der Waals surface area contributed by atoms with Crippen molar-refractivity contribution >= 4 is 17.2 Å². The quantitative estimate of drug-likeness (QED) is 0.379. The fraction of sp³-hybridized carbons (Fsp3) is 0.500. The average Bonchev–Trinajstić information content (AvgIpc) is 3.54. The highest BCUT2D eigenvalue weighted by molar-refractivity contribution is 7.10. The molecule has 1 saturated carbocycles. The molecule has 1 N–H and O–H groups in total. The number of rotatable bonds is 12. The number of fused-ring (bicyclic) bond motifs is 1. The van der Waals surface area contributed by atoms with Gasteiger partial charge in [0.15, 0.2) is 0 Å². The Balaban J connectivity index is 1.42. The van der Waals surface area contributed by atoms with E-state index in [1.807, 2.05) is 36.1 Å². The first-order valence-electron chi connectivity index (χ1n) is 11.7. The van der Waals surface area contributed by atoms with Crippen molar-refractivity contribution in [2.24, 2.45) is 0 Å². The average molecular weight is 471 g/mol. The summed E-state index contributed by atoms with van der Waals surface area (Å²) in [5.74, 6) is 0.919. The maximum absolute atomic E-state index is 13.5. The van der Waals surface area contributed by atoms with E-state index < -0.39 is 6.10 Å². The minimum atomic E-state index is -0.622. The van der Waals surface area contributed by atoms with Gasteiger partial charge in [-0.15, -0.1) is 17.9 Å². The van der Waals surface area contributed by atoms with Gasteiger partial charge in [-0.25, -0.2) is 0 Å². The van der Waals surface area contributed by atoms with Gasteiger partial charge in [0.25, 0.3) is 0 Å². The molecular weight excluding hydrogens is 436 g/mol. The maximum atomic E-state index is 13.5. The van der Waals surface area contributed by atoms with Crippen LogP contribution in [0, 0.1) is 6.92 Å². The second kappa shape index (κ2) is 11.3. The standard InChI is InChI=1S/C26H34N2O4S/c1-3-12-31-17-21(29)15-27(20-7-8-20)16-26(30)28-11-9-25-23(10-13-33-25)24(28)18-32-22-6-4-5-19(2)14-22/h3-6,10,13-14,20-21,24,29H,1,7-9,11-12,15-18H2,2H3/t21-,24-/m0/s1. The van der Waals surface area contributed by atoms with Crippen LogP contribution in [-0.4, -0.2) is 72.4 Å². The SMILES string of the molecule is C=CCOC[C@@H](O)CN(CC(=O)N1CCc2sccc2[C@@H]1COc1cccc(C)c1)C1CC1. The Bertz CT molecular complexity index is 942. The van der Waals surface area contributed by atoms with Crippen LogP contribution >= 0.6 is 11.3 Å². The molecule has 0 unspecified atom stereocenters. The molecule has 6 nitrogen and oxygen atoms in total. The zero-order valence-electron chi connectivity index (χ0n) is 19.3. The second-order valence-corrected chi connectivity index (χ2v) is 9.92. The first-order chi connectivity index (χ1) is 16.0. The fourth-order valence-electron chi connectivity index (χ4n) is 4.41. The van der Waals surface area contributed by atoms with Crippen LogP contribution in [0.2, 0.25) is 0 Å². The maximum Gasteiger partial charge on any atom is 0.237 e. The Labute approximate surface area is 200 Å². The van der Waals surface area contributed by atoms with Crippen molar-refractivity contribution in [1.82, 2.24) is 9.80 Å². The lowest BCUT2D eigenvalue weighted by Gasteiger charge is -2.37. The largest absolute Gasteiger partial charge is 0.491 e. The van der Waals surface area contributed by atoms with Gasteiger partial charge < -0.3 is 19.5 Å². The van der Waals surface area contributed by atoms with Crippen LogP contribution in [0.5, 0.6) is 5.75 Å². The first kappa shape index (κ1) is 24.0. The van der Waals surface area contributed by atoms with E-state index in [1.54, 1.807) is 17.4 Å². The van der Waals surface area contributed by atoms with Crippen LogP contribution in [0.3, 0.4) is 0 Å². The third kappa shape index (κ3) is 6.44. The minimum Gasteiger partial charge on any atom is -0.491 e. The van der Waals surface area contributed by atoms with Crippen LogP contribution in [-0.2, 0) is 16.0 Å². The third-order valence-corrected chi connectivity index (χ3v) is 7.20. The fourth-order valence-corrected chi connectivity index (χ4v) is 5.34. The molecule has 1 aromatic heterocycles. The molecule has 1 aromatic carbocycles. The summed E-state index contributed by atoms with van der Waals surface area (Å²) >= 11 is 1.76. The second-order valence-electron chi connectivity index (χ2n) is 8.92. The molecule has 33 heavy (non-hydrogen) atoms. The predicted molar refractivity (Wildman–Crippen MR) is 131 cm³/mol. The van der Waals surface area contributed by atoms with Gasteiger partial charge in [-0.05, 0) is 60.9 Å². The van der Waals surface area contributed by atoms with E-state index in [1.165, 1.54) is 10.4 Å². The molecule has 0 bridgehead atoms. The minimum absolute atomic E-state index is 0.0933. The van der Waals surface area contributed by atoms with Gasteiger partial charge in [-0.1, -0.05) is 18.2 Å². The van der Waals surface area contributed by atoms with E-state index in [0.717, 1.165) is 30.6 Å². The molecule has 0 saturated heterocycles. The number of aryl methyl sites for hydroxylation is 1. The van der Waals surface area contributed by atoms with Crippen molar-refractivity contribution in [1.29, 1.82) is 0 Å². The highest BCUT2D eigenvalue weighted by atomic mass is 32.1. The molecule has 2 aliphatic rings. The summed E-state index contributed by atoms with van der Waals surface area (Å²) in [7, 11) is 0. The summed E-state index contributed by atoms with van der Waals surface area (Å²) in [4.78, 5) is 18.9. The van der Waals surface area contributed by atoms with Crippen molar-refractivity contribution < 1.29 is 19.4 Å². The monoisotopic (exact) mass is 470 g/mol. The van der Waals surface area contributed by atoms with Crippen molar-refractivity contribution in [3.05, 3.63) is 64.4 Å². The van der Waals surface area contributed by atoms with Gasteiger partial charge >= 0.3 is 0 Å². The van der Waals surface area contributed by atoms with E-state index >= 15 is 0 Å². The predicted octanol–water partition coefficient (Wildman–Crippen LogP) is 3.59. The van der Waals surface area contributed by atoms with E-state index in [9.17, 15) is 9.90 Å². The van der Waals surface area contributed by atoms with E-state index in [0.29, 0.717) is 38.9 Å². The zero-order valence-corrected chi connectivity index (χ0v) is 20.1. The van der Waals surface area contributed by atoms with Crippen LogP contribution in [0.1, 0.15) is 34.9 Å². The Morgan fingerprint density at radius 2 is 2.24 bits per heavy atom. The molecule has 0 spiro atoms. The zero-order chi connectivity index (χ0) is 23.2. The normalized spacial score (nSPS) is 18.8. The van der Waals surface area contributed by atoms with Crippen LogP contribution in [0.25, 0.3) is 0 Å². The van der Waals surface area contributed by atoms with Crippen molar-refractivity contribution in [3.63, 3.8) is 0 Å². The lowest BCUT2D eigenvalue weighted by molar-refractivity contribution is -0.136. The van der Waals surface area contributed by atoms with Crippen molar-refractivity contribution in [2.75, 3.05) is 39.5 Å². The molecule has 2 heterocycles. The number of benzene rings is 1. The number of amides is 1. The number of ether oxygens (including phenoxy) is 2. The number of hydrogen-bond acceptors (Lipinski definition) is 6. The molecule has 7 heteroatoms. The lowest BCUT2D eigenvalue weighted by atomic mass is 10.0. The van der Waals surface area contributed by atoms with Gasteiger partial charge in [0.2, 0.25) is 5.91 Å². The molecule has 4 rings (SSSR count). The van der Waals surface area contributed by atoms with Gasteiger partial charge in [-0.2, -0.15) is 0 Å². The summed E-state index contributed by atoms with van der Waals surface area (Å²) in [6.45, 7) is 8.21. The van der Waals surface area contributed by atoms with E-state index in [2.05, 4.69) is 22.9 Å². The Morgan fingerprint density at radius 1 is 1.39 bits per heavy atom. The molecule has 2 aromatic rings. The highest BCUT2D eigenvalue weighted by Crippen LogP contribution is 2.35. The molecular formula is C26H34N2O4S. The smallest absolute Gasteiger partial charge is 0.237 e. The molecule has 1 aliphatic carbocycles. The van der Waals surface area contributed by atoms with Crippen LogP contribution < -0.4 is 4.74 Å². The van der Waals surface area contributed by atoms with E-state index in [-0.39, 0.29) is 18.6 Å². The Hall–Kier alpha value is -2.19. The Morgan fingerprint density at radius 3 is 3.00 bits per heavy atom. The Kier molecular flexibility index (Phi) is 8.20. The topological polar surface area (TPSA) is 62.2 Å². The molecule has 1 amide bonds. The lowest BCUT2D eigenvalue weighted by Crippen LogP contribution is -2.48. The first-order valence-corrected chi connectivity index (χ1v) is 12.6. The van der Waals surface area contributed by atoms with E-state index in [4.69, 9.17) is 9.47 Å². The van der Waals surface area contributed by atoms with Crippen molar-refractivity contribution in [3.8, 4) is 5.75 Å². The summed E-state index contributed by atoms with van der Waals surface area (Å²) in [6, 6.07) is 10.4. The number of aliphatic hydroxyl groups is 1. The summed E-state index contributed by atoms with van der Waals surface area (Å²) < 4.78 is 11.5. The number of aliphatic hydroxyl groups excluding tert-OH is 1. The molecule has 1 fully saturated rings. The molecule has 1 aliphatic heterocycles. The molecule has 178 valence electrons. The number of nitrogens with zero attached hydrogens (tertiary/aromatic N) is 2. The summed E-state index contributed by atoms with van der Waals surface area (Å²) in [5.41, 5.74) is 2.35. The highest BCUT2D eigenvalue weighted by Gasteiger charge is 2.36. The summed E-state index contributed by atoms with van der Waals surface area (Å²) in [5, 5.41) is 12.5. The van der Waals surface area contributed by atoms with Gasteiger partial charge in [-0.3, -0.25) is 9.69 Å². The number of carbonyl (C=O) groups excluding carboxylic acids is 1. The number of hydrogen-bond donors (Lipinski definition) is 1. The molecule has 2 atom stereocenters. The van der Waals surface area contributed by atoms with Crippen LogP contribution in [0.15, 0.2) is 48.4 Å². The van der Waals surface area contributed by atoms with Gasteiger partial charge in [0, 0.05) is 24.0 Å². The summed E-state index contributed by atoms with van der Waals surface area (Å²) in [6.07, 6.45) is 4.07. The van der Waals surface area contributed by atoms with Gasteiger partial charge in [0.05, 0.1) is 31.9 Å². The third-order valence-electron chi connectivity index (χ3n) is 6.21. The number of carbonyl (C=O) groups is 1.